The third kappa shape index (κ3) is 2.58. The van der Waals surface area contributed by atoms with E-state index in [9.17, 15) is 4.79 Å². The molecular weight excluding hydrogens is 272 g/mol. The van der Waals surface area contributed by atoms with Crippen LogP contribution in [-0.4, -0.2) is 17.4 Å². The number of aromatic nitrogens is 1. The molecule has 3 nitrogen and oxygen atoms in total. The Morgan fingerprint density at radius 2 is 1.73 bits per heavy atom. The van der Waals surface area contributed by atoms with Gasteiger partial charge in [0, 0.05) is 17.6 Å². The zero-order chi connectivity index (χ0) is 15.5. The van der Waals surface area contributed by atoms with Gasteiger partial charge < -0.3 is 4.90 Å². The minimum atomic E-state index is -0.0671. The van der Waals surface area contributed by atoms with Crippen molar-refractivity contribution in [1.29, 1.82) is 0 Å². The fraction of sp³-hybridized carbons (Fsp3) is 0.158. The van der Waals surface area contributed by atoms with E-state index in [1.54, 1.807) is 11.0 Å². The van der Waals surface area contributed by atoms with Crippen LogP contribution < -0.4 is 4.90 Å². The fourth-order valence-electron chi connectivity index (χ4n) is 2.61. The number of para-hydroxylation sites is 2. The average molecular weight is 290 g/mol. The topological polar surface area (TPSA) is 33.2 Å². The van der Waals surface area contributed by atoms with Crippen molar-refractivity contribution in [3.63, 3.8) is 0 Å². The molecule has 0 saturated heterocycles. The van der Waals surface area contributed by atoms with Crippen LogP contribution in [0.4, 0.5) is 5.69 Å². The highest BCUT2D eigenvalue weighted by Gasteiger charge is 2.18. The van der Waals surface area contributed by atoms with Gasteiger partial charge in [-0.15, -0.1) is 0 Å². The van der Waals surface area contributed by atoms with Gasteiger partial charge in [0.05, 0.1) is 5.52 Å². The second-order valence-electron chi connectivity index (χ2n) is 5.23. The minimum absolute atomic E-state index is 0.0671. The molecule has 0 aliphatic carbocycles. The van der Waals surface area contributed by atoms with E-state index in [4.69, 9.17) is 0 Å². The molecule has 0 bridgehead atoms. The molecule has 0 spiro atoms. The number of hydrogen-bond donors (Lipinski definition) is 0. The predicted molar refractivity (Wildman–Crippen MR) is 90.3 cm³/mol. The predicted octanol–water partition coefficient (Wildman–Crippen LogP) is 4.21. The van der Waals surface area contributed by atoms with Gasteiger partial charge in [-0.1, -0.05) is 42.5 Å². The van der Waals surface area contributed by atoms with Gasteiger partial charge in [0.2, 0.25) is 0 Å². The van der Waals surface area contributed by atoms with E-state index in [0.717, 1.165) is 22.2 Å². The number of benzene rings is 2. The maximum Gasteiger partial charge on any atom is 0.276 e. The zero-order valence-corrected chi connectivity index (χ0v) is 12.8. The van der Waals surface area contributed by atoms with E-state index in [0.29, 0.717) is 12.2 Å². The summed E-state index contributed by atoms with van der Waals surface area (Å²) < 4.78 is 0. The Morgan fingerprint density at radius 1 is 1.00 bits per heavy atom. The molecule has 3 heteroatoms. The number of pyridine rings is 1. The van der Waals surface area contributed by atoms with Crippen molar-refractivity contribution in [2.24, 2.45) is 0 Å². The smallest absolute Gasteiger partial charge is 0.276 e. The molecule has 0 aliphatic rings. The summed E-state index contributed by atoms with van der Waals surface area (Å²) in [5.41, 5.74) is 3.33. The molecule has 1 amide bonds. The lowest BCUT2D eigenvalue weighted by Crippen LogP contribution is -2.31. The largest absolute Gasteiger partial charge is 0.307 e. The molecule has 0 saturated carbocycles. The number of anilines is 1. The van der Waals surface area contributed by atoms with E-state index in [1.807, 2.05) is 68.4 Å². The molecule has 110 valence electrons. The van der Waals surface area contributed by atoms with Crippen LogP contribution in [-0.2, 0) is 0 Å². The van der Waals surface area contributed by atoms with Crippen LogP contribution in [0.25, 0.3) is 10.9 Å². The van der Waals surface area contributed by atoms with E-state index in [2.05, 4.69) is 4.98 Å². The SMILES string of the molecule is CCN(C(=O)c1ccc2ccccc2n1)c1ccccc1C. The number of rotatable bonds is 3. The molecule has 0 unspecified atom stereocenters. The van der Waals surface area contributed by atoms with Gasteiger partial charge in [-0.05, 0) is 37.6 Å². The first-order valence-corrected chi connectivity index (χ1v) is 7.44. The highest BCUT2D eigenvalue weighted by atomic mass is 16.2. The van der Waals surface area contributed by atoms with Gasteiger partial charge in [-0.3, -0.25) is 4.79 Å². The molecule has 2 aromatic carbocycles. The van der Waals surface area contributed by atoms with Crippen LogP contribution in [0.1, 0.15) is 23.0 Å². The Balaban J connectivity index is 2.01. The summed E-state index contributed by atoms with van der Waals surface area (Å²) in [6.07, 6.45) is 0. The number of carbonyl (C=O) groups excluding carboxylic acids is 1. The lowest BCUT2D eigenvalue weighted by Gasteiger charge is -2.22. The molecule has 1 aromatic heterocycles. The maximum absolute atomic E-state index is 12.8. The zero-order valence-electron chi connectivity index (χ0n) is 12.8. The van der Waals surface area contributed by atoms with Gasteiger partial charge in [0.1, 0.15) is 5.69 Å². The lowest BCUT2D eigenvalue weighted by atomic mass is 10.1. The summed E-state index contributed by atoms with van der Waals surface area (Å²) in [7, 11) is 0. The highest BCUT2D eigenvalue weighted by molar-refractivity contribution is 6.06. The average Bonchev–Trinajstić information content (AvgIpc) is 2.56. The Morgan fingerprint density at radius 3 is 2.50 bits per heavy atom. The van der Waals surface area contributed by atoms with E-state index < -0.39 is 0 Å². The molecule has 0 atom stereocenters. The molecule has 3 rings (SSSR count). The normalized spacial score (nSPS) is 10.6. The van der Waals surface area contributed by atoms with Crippen molar-refractivity contribution in [3.05, 3.63) is 71.9 Å². The van der Waals surface area contributed by atoms with Crippen LogP contribution in [0.5, 0.6) is 0 Å². The molecule has 3 aromatic rings. The Hall–Kier alpha value is -2.68. The summed E-state index contributed by atoms with van der Waals surface area (Å²) in [6.45, 7) is 4.60. The summed E-state index contributed by atoms with van der Waals surface area (Å²) in [6, 6.07) is 19.5. The minimum Gasteiger partial charge on any atom is -0.307 e. The fourth-order valence-corrected chi connectivity index (χ4v) is 2.61. The van der Waals surface area contributed by atoms with E-state index in [1.165, 1.54) is 0 Å². The second kappa shape index (κ2) is 5.98. The molecule has 0 aliphatic heterocycles. The van der Waals surface area contributed by atoms with Gasteiger partial charge in [-0.2, -0.15) is 0 Å². The molecule has 1 heterocycles. The lowest BCUT2D eigenvalue weighted by molar-refractivity contribution is 0.0983. The van der Waals surface area contributed by atoms with Crippen LogP contribution in [0.15, 0.2) is 60.7 Å². The molecule has 0 N–H and O–H groups in total. The van der Waals surface area contributed by atoms with Crippen molar-refractivity contribution in [3.8, 4) is 0 Å². The first-order chi connectivity index (χ1) is 10.7. The molecule has 22 heavy (non-hydrogen) atoms. The van der Waals surface area contributed by atoms with Crippen LogP contribution in [0, 0.1) is 6.92 Å². The van der Waals surface area contributed by atoms with Crippen LogP contribution in [0.3, 0.4) is 0 Å². The number of amides is 1. The van der Waals surface area contributed by atoms with Crippen molar-refractivity contribution in [1.82, 2.24) is 4.98 Å². The van der Waals surface area contributed by atoms with Gasteiger partial charge >= 0.3 is 0 Å². The summed E-state index contributed by atoms with van der Waals surface area (Å²) >= 11 is 0. The summed E-state index contributed by atoms with van der Waals surface area (Å²) in [5, 5.41) is 1.04. The van der Waals surface area contributed by atoms with Crippen LogP contribution >= 0.6 is 0 Å². The number of nitrogens with zero attached hydrogens (tertiary/aromatic N) is 2. The number of hydrogen-bond acceptors (Lipinski definition) is 2. The molecular formula is C19H18N2O. The monoisotopic (exact) mass is 290 g/mol. The summed E-state index contributed by atoms with van der Waals surface area (Å²) in [5.74, 6) is -0.0671. The van der Waals surface area contributed by atoms with Crippen molar-refractivity contribution < 1.29 is 4.79 Å². The first-order valence-electron chi connectivity index (χ1n) is 7.44. The standard InChI is InChI=1S/C19H18N2O/c1-3-21(18-11-7-4-8-14(18)2)19(22)17-13-12-15-9-5-6-10-16(15)20-17/h4-13H,3H2,1-2H3. The van der Waals surface area contributed by atoms with Gasteiger partial charge in [0.25, 0.3) is 5.91 Å². The third-order valence-electron chi connectivity index (χ3n) is 3.79. The number of fused-ring (bicyclic) bond motifs is 1. The van der Waals surface area contributed by atoms with Gasteiger partial charge in [-0.25, -0.2) is 4.98 Å². The maximum atomic E-state index is 12.8. The van der Waals surface area contributed by atoms with Gasteiger partial charge in [0.15, 0.2) is 0 Å². The molecule has 0 radical (unpaired) electrons. The number of aryl methyl sites for hydroxylation is 1. The second-order valence-corrected chi connectivity index (χ2v) is 5.23. The number of carbonyl (C=O) groups is 1. The Kier molecular flexibility index (Phi) is 3.88. The van der Waals surface area contributed by atoms with E-state index in [-0.39, 0.29) is 5.91 Å². The quantitative estimate of drug-likeness (QED) is 0.724. The molecule has 0 fully saturated rings. The Labute approximate surface area is 130 Å². The van der Waals surface area contributed by atoms with Crippen molar-refractivity contribution in [2.45, 2.75) is 13.8 Å². The van der Waals surface area contributed by atoms with Crippen LogP contribution in [0.2, 0.25) is 0 Å². The third-order valence-corrected chi connectivity index (χ3v) is 3.79. The first kappa shape index (κ1) is 14.3. The van der Waals surface area contributed by atoms with Crippen molar-refractivity contribution in [2.75, 3.05) is 11.4 Å². The van der Waals surface area contributed by atoms with E-state index >= 15 is 0 Å². The Bertz CT molecular complexity index is 826. The summed E-state index contributed by atoms with van der Waals surface area (Å²) in [4.78, 5) is 19.1. The van der Waals surface area contributed by atoms with Crippen molar-refractivity contribution >= 4 is 22.5 Å². The highest BCUT2D eigenvalue weighted by Crippen LogP contribution is 2.21.